The molecule has 0 atom stereocenters. The molecule has 0 saturated carbocycles. The zero-order valence-electron chi connectivity index (χ0n) is 34.4. The lowest BCUT2D eigenvalue weighted by atomic mass is 9.75. The van der Waals surface area contributed by atoms with Crippen LogP contribution in [0.2, 0.25) is 0 Å². The first kappa shape index (κ1) is 36.4. The van der Waals surface area contributed by atoms with Crippen LogP contribution in [-0.4, -0.2) is 9.55 Å². The summed E-state index contributed by atoms with van der Waals surface area (Å²) in [6.07, 6.45) is 12.7. The molecule has 0 N–H and O–H groups in total. The van der Waals surface area contributed by atoms with Crippen molar-refractivity contribution in [2.45, 2.75) is 32.1 Å². The fourth-order valence-corrected chi connectivity index (χ4v) is 9.53. The zero-order chi connectivity index (χ0) is 40.9. The van der Waals surface area contributed by atoms with E-state index in [9.17, 15) is 0 Å². The summed E-state index contributed by atoms with van der Waals surface area (Å²) in [5.41, 5.74) is 16.0. The summed E-state index contributed by atoms with van der Waals surface area (Å²) in [6, 6.07) is 65.9. The number of fused-ring (bicyclic) bond motifs is 5. The number of pyridine rings is 1. The highest BCUT2D eigenvalue weighted by molar-refractivity contribution is 6.13. The van der Waals surface area contributed by atoms with Gasteiger partial charge in [0.25, 0.3) is 0 Å². The monoisotopic (exact) mass is 787 g/mol. The summed E-state index contributed by atoms with van der Waals surface area (Å²) in [5, 5.41) is 2.48. The minimum atomic E-state index is -0.300. The molecule has 294 valence electrons. The number of hydrogen-bond acceptors (Lipinski definition) is 4. The van der Waals surface area contributed by atoms with Crippen molar-refractivity contribution < 1.29 is 0 Å². The second-order valence-corrected chi connectivity index (χ2v) is 16.4. The van der Waals surface area contributed by atoms with E-state index in [1.54, 1.807) is 0 Å². The molecule has 1 aliphatic heterocycles. The Morgan fingerprint density at radius 2 is 1.00 bits per heavy atom. The smallest absolute Gasteiger partial charge is 0.0583 e. The lowest BCUT2D eigenvalue weighted by molar-refractivity contribution is 0.626. The maximum Gasteiger partial charge on any atom is 0.0583 e. The second-order valence-electron chi connectivity index (χ2n) is 16.4. The fourth-order valence-electron chi connectivity index (χ4n) is 9.53. The molecule has 0 amide bonds. The molecule has 11 rings (SSSR count). The van der Waals surface area contributed by atoms with Crippen LogP contribution in [-0.2, 0) is 5.41 Å². The summed E-state index contributed by atoms with van der Waals surface area (Å²) < 4.78 is 2.45. The maximum absolute atomic E-state index is 4.65. The van der Waals surface area contributed by atoms with Crippen LogP contribution in [0.25, 0.3) is 27.5 Å². The summed E-state index contributed by atoms with van der Waals surface area (Å²) in [6.45, 7) is 4.69. The Morgan fingerprint density at radius 3 is 1.57 bits per heavy atom. The summed E-state index contributed by atoms with van der Waals surface area (Å²) in [4.78, 5) is 11.8. The molecule has 0 saturated heterocycles. The Labute approximate surface area is 357 Å². The number of anilines is 8. The molecule has 3 heterocycles. The van der Waals surface area contributed by atoms with Crippen molar-refractivity contribution in [1.29, 1.82) is 0 Å². The van der Waals surface area contributed by atoms with E-state index >= 15 is 0 Å². The molecule has 0 unspecified atom stereocenters. The first-order valence-corrected chi connectivity index (χ1v) is 21.2. The minimum absolute atomic E-state index is 0.300. The molecule has 0 bridgehead atoms. The van der Waals surface area contributed by atoms with Crippen molar-refractivity contribution in [3.05, 3.63) is 229 Å². The van der Waals surface area contributed by atoms with Gasteiger partial charge in [0.15, 0.2) is 0 Å². The van der Waals surface area contributed by atoms with Gasteiger partial charge in [0, 0.05) is 85.3 Å². The molecule has 7 aromatic carbocycles. The van der Waals surface area contributed by atoms with Crippen LogP contribution < -0.4 is 14.7 Å². The summed E-state index contributed by atoms with van der Waals surface area (Å²) >= 11 is 0. The van der Waals surface area contributed by atoms with E-state index < -0.39 is 0 Å². The molecule has 0 fully saturated rings. The van der Waals surface area contributed by atoms with Crippen molar-refractivity contribution in [2.75, 3.05) is 14.7 Å². The van der Waals surface area contributed by atoms with Gasteiger partial charge in [0.05, 0.1) is 16.7 Å². The standard InChI is InChI=1S/C56H45N5/c1-56(2)51-38-48(37-50-49-25-15-16-26-53(49)61(55(50)51)54-35-36-57-39-52(54)56)60(46-31-27-44(28-32-46)58(40-17-7-3-8-18-40)41-19-9-4-10-20-41)47-33-29-45(30-34-47)59(42-21-11-5-12-22-42)43-23-13-6-14-24-43/h3-13,15-23,25-39H,14,24H2,1-2H3. The van der Waals surface area contributed by atoms with E-state index in [4.69, 9.17) is 0 Å². The average Bonchev–Trinajstić information content (AvgIpc) is 3.65. The van der Waals surface area contributed by atoms with Gasteiger partial charge >= 0.3 is 0 Å². The predicted molar refractivity (Wildman–Crippen MR) is 255 cm³/mol. The predicted octanol–water partition coefficient (Wildman–Crippen LogP) is 15.1. The average molecular weight is 788 g/mol. The van der Waals surface area contributed by atoms with Gasteiger partial charge in [0.2, 0.25) is 0 Å². The van der Waals surface area contributed by atoms with Crippen molar-refractivity contribution in [2.24, 2.45) is 0 Å². The number of para-hydroxylation sites is 4. The normalized spacial score (nSPS) is 13.8. The molecule has 2 aliphatic rings. The van der Waals surface area contributed by atoms with Gasteiger partial charge in [-0.3, -0.25) is 4.98 Å². The number of aromatic nitrogens is 2. The van der Waals surface area contributed by atoms with Gasteiger partial charge in [-0.15, -0.1) is 0 Å². The Kier molecular flexibility index (Phi) is 8.89. The zero-order valence-corrected chi connectivity index (χ0v) is 34.4. The molecule has 61 heavy (non-hydrogen) atoms. The van der Waals surface area contributed by atoms with Gasteiger partial charge in [-0.25, -0.2) is 0 Å². The van der Waals surface area contributed by atoms with Crippen molar-refractivity contribution >= 4 is 67.3 Å². The SMILES string of the molecule is CC1(C)c2cnccc2-n2c3ccccc3c3cc(N(c4ccc(N(C5=CC=CCC5)c5ccccc5)cc4)c4ccc(N(c5ccccc5)c5ccccc5)cc4)cc1c32. The topological polar surface area (TPSA) is 27.5 Å². The molecular formula is C56H45N5. The third-order valence-electron chi connectivity index (χ3n) is 12.5. The summed E-state index contributed by atoms with van der Waals surface area (Å²) in [7, 11) is 0. The Bertz CT molecular complexity index is 3050. The number of nitrogens with zero attached hydrogens (tertiary/aromatic N) is 5. The van der Waals surface area contributed by atoms with Crippen LogP contribution >= 0.6 is 0 Å². The van der Waals surface area contributed by atoms with E-state index in [0.29, 0.717) is 0 Å². The van der Waals surface area contributed by atoms with E-state index in [0.717, 1.165) is 58.3 Å². The first-order valence-electron chi connectivity index (χ1n) is 21.2. The highest BCUT2D eigenvalue weighted by Gasteiger charge is 2.36. The molecule has 1 aliphatic carbocycles. The van der Waals surface area contributed by atoms with Gasteiger partial charge in [-0.1, -0.05) is 98.8 Å². The lowest BCUT2D eigenvalue weighted by Crippen LogP contribution is -2.27. The maximum atomic E-state index is 4.65. The number of allylic oxidation sites excluding steroid dienone is 4. The Balaban J connectivity index is 1.10. The van der Waals surface area contributed by atoms with E-state index in [2.05, 4.69) is 245 Å². The van der Waals surface area contributed by atoms with Crippen LogP contribution in [0.4, 0.5) is 45.5 Å². The Hall–Kier alpha value is -7.63. The van der Waals surface area contributed by atoms with Crippen LogP contribution in [0.15, 0.2) is 218 Å². The number of hydrogen-bond donors (Lipinski definition) is 0. The highest BCUT2D eigenvalue weighted by atomic mass is 15.2. The fraction of sp³-hybridized carbons (Fsp3) is 0.0893. The largest absolute Gasteiger partial charge is 0.314 e. The number of rotatable bonds is 9. The third kappa shape index (κ3) is 6.20. The van der Waals surface area contributed by atoms with Crippen LogP contribution in [0.1, 0.15) is 37.8 Å². The molecule has 5 heteroatoms. The van der Waals surface area contributed by atoms with E-state index in [1.807, 2.05) is 6.20 Å². The Morgan fingerprint density at radius 1 is 0.492 bits per heavy atom. The molecule has 0 radical (unpaired) electrons. The first-order chi connectivity index (χ1) is 30.0. The quantitative estimate of drug-likeness (QED) is 0.146. The van der Waals surface area contributed by atoms with Crippen LogP contribution in [0, 0.1) is 0 Å². The lowest BCUT2D eigenvalue weighted by Gasteiger charge is -2.36. The van der Waals surface area contributed by atoms with Gasteiger partial charge < -0.3 is 19.3 Å². The minimum Gasteiger partial charge on any atom is -0.314 e. The van der Waals surface area contributed by atoms with E-state index in [1.165, 1.54) is 44.3 Å². The van der Waals surface area contributed by atoms with Gasteiger partial charge in [-0.2, -0.15) is 0 Å². The van der Waals surface area contributed by atoms with Gasteiger partial charge in [0.1, 0.15) is 0 Å². The second kappa shape index (κ2) is 14.9. The summed E-state index contributed by atoms with van der Waals surface area (Å²) in [5.74, 6) is 0. The van der Waals surface area contributed by atoms with Crippen LogP contribution in [0.5, 0.6) is 0 Å². The third-order valence-corrected chi connectivity index (χ3v) is 12.5. The molecule has 0 spiro atoms. The van der Waals surface area contributed by atoms with Gasteiger partial charge in [-0.05, 0) is 134 Å². The molecular weight excluding hydrogens is 743 g/mol. The highest BCUT2D eigenvalue weighted by Crippen LogP contribution is 2.50. The van der Waals surface area contributed by atoms with E-state index in [-0.39, 0.29) is 5.41 Å². The van der Waals surface area contributed by atoms with Crippen LogP contribution in [0.3, 0.4) is 0 Å². The van der Waals surface area contributed by atoms with Crippen molar-refractivity contribution in [3.8, 4) is 5.69 Å². The molecule has 2 aromatic heterocycles. The molecule has 9 aromatic rings. The van der Waals surface area contributed by atoms with Crippen molar-refractivity contribution in [3.63, 3.8) is 0 Å². The molecule has 5 nitrogen and oxygen atoms in total. The van der Waals surface area contributed by atoms with Crippen molar-refractivity contribution in [1.82, 2.24) is 9.55 Å². The number of benzene rings is 7.